The molecule has 0 fully saturated rings. The fraction of sp³-hybridized carbons (Fsp3) is 0. The second-order valence-electron chi connectivity index (χ2n) is 14.8. The van der Waals surface area contributed by atoms with Gasteiger partial charge < -0.3 is 0 Å². The average Bonchev–Trinajstić information content (AvgIpc) is 3.31. The van der Waals surface area contributed by atoms with Crippen LogP contribution in [0.4, 0.5) is 0 Å². The first kappa shape index (κ1) is 33.6. The maximum Gasteiger partial charge on any atom is 0.160 e. The normalized spacial score (nSPS) is 11.4. The number of rotatable bonds is 6. The van der Waals surface area contributed by atoms with Crippen LogP contribution in [0.5, 0.6) is 0 Å². The fourth-order valence-electron chi connectivity index (χ4n) is 8.42. The van der Waals surface area contributed by atoms with Crippen LogP contribution in [0.2, 0.25) is 0 Å². The van der Waals surface area contributed by atoms with Gasteiger partial charge >= 0.3 is 0 Å². The lowest BCUT2D eigenvalue weighted by Crippen LogP contribution is -1.96. The van der Waals surface area contributed by atoms with E-state index in [1.807, 2.05) is 30.5 Å². The molecule has 9 aromatic carbocycles. The Labute approximate surface area is 336 Å². The molecule has 270 valence electrons. The lowest BCUT2D eigenvalue weighted by atomic mass is 9.89. The number of pyridine rings is 1. The van der Waals surface area contributed by atoms with E-state index in [1.54, 1.807) is 0 Å². The molecule has 2 heterocycles. The average molecular weight is 738 g/mol. The summed E-state index contributed by atoms with van der Waals surface area (Å²) in [5.74, 6) is 0.700. The molecule has 0 saturated carbocycles. The zero-order valence-electron chi connectivity index (χ0n) is 31.5. The van der Waals surface area contributed by atoms with Gasteiger partial charge in [-0.25, -0.2) is 9.97 Å². The summed E-state index contributed by atoms with van der Waals surface area (Å²) in [6.07, 6.45) is 1.88. The Morgan fingerprint density at radius 3 is 1.55 bits per heavy atom. The van der Waals surface area contributed by atoms with E-state index in [2.05, 4.69) is 187 Å². The zero-order chi connectivity index (χ0) is 38.4. The van der Waals surface area contributed by atoms with E-state index in [1.165, 1.54) is 49.0 Å². The maximum atomic E-state index is 5.10. The Kier molecular flexibility index (Phi) is 8.15. The monoisotopic (exact) mass is 737 g/mol. The number of hydrogen-bond donors (Lipinski definition) is 0. The van der Waals surface area contributed by atoms with Gasteiger partial charge in [0.25, 0.3) is 0 Å². The Bertz CT molecular complexity index is 3290. The molecular formula is C55H35N3. The Morgan fingerprint density at radius 2 is 0.845 bits per heavy atom. The predicted octanol–water partition coefficient (Wildman–Crippen LogP) is 14.5. The molecule has 0 aliphatic heterocycles. The molecule has 11 rings (SSSR count). The van der Waals surface area contributed by atoms with Crippen molar-refractivity contribution in [3.05, 3.63) is 212 Å². The molecule has 0 unspecified atom stereocenters. The van der Waals surface area contributed by atoms with Crippen LogP contribution < -0.4 is 0 Å². The highest BCUT2D eigenvalue weighted by Gasteiger charge is 2.14. The molecule has 0 saturated heterocycles. The minimum absolute atomic E-state index is 0.700. The van der Waals surface area contributed by atoms with Gasteiger partial charge in [-0.1, -0.05) is 182 Å². The summed E-state index contributed by atoms with van der Waals surface area (Å²) in [6, 6.07) is 73.4. The lowest BCUT2D eigenvalue weighted by molar-refractivity contribution is 1.18. The van der Waals surface area contributed by atoms with Gasteiger partial charge in [0.15, 0.2) is 5.82 Å². The van der Waals surface area contributed by atoms with Crippen LogP contribution in [0.3, 0.4) is 0 Å². The van der Waals surface area contributed by atoms with E-state index in [4.69, 9.17) is 9.97 Å². The largest absolute Gasteiger partial charge is 0.256 e. The summed E-state index contributed by atoms with van der Waals surface area (Å²) in [5.41, 5.74) is 12.9. The highest BCUT2D eigenvalue weighted by Crippen LogP contribution is 2.40. The first-order chi connectivity index (χ1) is 28.7. The first-order valence-corrected chi connectivity index (χ1v) is 19.7. The number of nitrogens with zero attached hydrogens (tertiary/aromatic N) is 3. The van der Waals surface area contributed by atoms with Gasteiger partial charge in [0.05, 0.1) is 16.9 Å². The summed E-state index contributed by atoms with van der Waals surface area (Å²) in [7, 11) is 0. The minimum atomic E-state index is 0.700. The maximum absolute atomic E-state index is 5.10. The topological polar surface area (TPSA) is 38.7 Å². The van der Waals surface area contributed by atoms with Gasteiger partial charge in [-0.2, -0.15) is 0 Å². The van der Waals surface area contributed by atoms with Crippen molar-refractivity contribution in [2.75, 3.05) is 0 Å². The van der Waals surface area contributed by atoms with Crippen molar-refractivity contribution in [1.29, 1.82) is 0 Å². The molecule has 0 aliphatic carbocycles. The third-order valence-electron chi connectivity index (χ3n) is 11.4. The third kappa shape index (κ3) is 5.98. The molecule has 0 amide bonds. The Morgan fingerprint density at radius 1 is 0.293 bits per heavy atom. The van der Waals surface area contributed by atoms with E-state index in [0.717, 1.165) is 55.7 Å². The molecule has 0 aliphatic rings. The van der Waals surface area contributed by atoms with Gasteiger partial charge in [0, 0.05) is 28.3 Å². The molecule has 3 nitrogen and oxygen atoms in total. The van der Waals surface area contributed by atoms with Crippen molar-refractivity contribution >= 4 is 43.2 Å². The van der Waals surface area contributed by atoms with Crippen LogP contribution in [0.1, 0.15) is 0 Å². The van der Waals surface area contributed by atoms with Crippen LogP contribution >= 0.6 is 0 Å². The van der Waals surface area contributed by atoms with Crippen molar-refractivity contribution in [2.45, 2.75) is 0 Å². The molecule has 0 radical (unpaired) electrons. The minimum Gasteiger partial charge on any atom is -0.256 e. The van der Waals surface area contributed by atoms with Crippen molar-refractivity contribution in [1.82, 2.24) is 15.0 Å². The number of aromatic nitrogens is 3. The smallest absolute Gasteiger partial charge is 0.160 e. The third-order valence-corrected chi connectivity index (χ3v) is 11.4. The summed E-state index contributed by atoms with van der Waals surface area (Å²) in [4.78, 5) is 14.7. The highest BCUT2D eigenvalue weighted by molar-refractivity contribution is 6.20. The van der Waals surface area contributed by atoms with Crippen LogP contribution in [-0.2, 0) is 0 Å². The van der Waals surface area contributed by atoms with E-state index in [-0.39, 0.29) is 0 Å². The molecule has 2 aromatic heterocycles. The van der Waals surface area contributed by atoms with E-state index >= 15 is 0 Å². The van der Waals surface area contributed by atoms with Crippen molar-refractivity contribution in [3.63, 3.8) is 0 Å². The van der Waals surface area contributed by atoms with Crippen LogP contribution in [-0.4, -0.2) is 15.0 Å². The van der Waals surface area contributed by atoms with Gasteiger partial charge in [0.2, 0.25) is 0 Å². The standard InChI is InChI=1S/C55H35N3/c1-2-11-43(12-3-1)55-57-52(35-53(58-55)41-26-22-39(23-27-41)46-32-33-56-51-17-9-8-16-48(46)51)40-24-18-36(19-25-40)37-20-28-42(29-21-37)54-47-15-7-5-13-44(47)34-50-45-14-6-4-10-38(45)30-31-49(50)54/h1-35H. The van der Waals surface area contributed by atoms with Gasteiger partial charge in [0.1, 0.15) is 0 Å². The highest BCUT2D eigenvalue weighted by atomic mass is 14.9. The Balaban J connectivity index is 0.938. The van der Waals surface area contributed by atoms with Crippen LogP contribution in [0.25, 0.3) is 111 Å². The fourth-order valence-corrected chi connectivity index (χ4v) is 8.42. The summed E-state index contributed by atoms with van der Waals surface area (Å²) < 4.78 is 0. The van der Waals surface area contributed by atoms with Gasteiger partial charge in [-0.3, -0.25) is 4.98 Å². The second kappa shape index (κ2) is 14.1. The Hall–Kier alpha value is -7.75. The van der Waals surface area contributed by atoms with Crippen molar-refractivity contribution < 1.29 is 0 Å². The first-order valence-electron chi connectivity index (χ1n) is 19.7. The number of benzene rings is 9. The SMILES string of the molecule is c1ccc(-c2nc(-c3ccc(-c4ccc(-c5c6ccccc6cc6c5ccc5ccccc56)cc4)cc3)cc(-c3ccc(-c4ccnc5ccccc45)cc3)n2)cc1. The summed E-state index contributed by atoms with van der Waals surface area (Å²) in [5, 5.41) is 8.74. The molecular weight excluding hydrogens is 703 g/mol. The molecule has 0 spiro atoms. The zero-order valence-corrected chi connectivity index (χ0v) is 31.5. The number of hydrogen-bond acceptors (Lipinski definition) is 3. The molecule has 0 N–H and O–H groups in total. The number of fused-ring (bicyclic) bond motifs is 5. The van der Waals surface area contributed by atoms with Crippen LogP contribution in [0, 0.1) is 0 Å². The van der Waals surface area contributed by atoms with Crippen molar-refractivity contribution in [3.8, 4) is 67.3 Å². The van der Waals surface area contributed by atoms with Crippen LogP contribution in [0.15, 0.2) is 212 Å². The number of para-hydroxylation sites is 1. The van der Waals surface area contributed by atoms with E-state index in [9.17, 15) is 0 Å². The second-order valence-corrected chi connectivity index (χ2v) is 14.8. The lowest BCUT2D eigenvalue weighted by Gasteiger charge is -2.14. The quantitative estimate of drug-likeness (QED) is 0.126. The molecule has 3 heteroatoms. The van der Waals surface area contributed by atoms with Gasteiger partial charge in [-0.05, 0) is 90.0 Å². The summed E-state index contributed by atoms with van der Waals surface area (Å²) in [6.45, 7) is 0. The summed E-state index contributed by atoms with van der Waals surface area (Å²) >= 11 is 0. The van der Waals surface area contributed by atoms with Gasteiger partial charge in [-0.15, -0.1) is 0 Å². The predicted molar refractivity (Wildman–Crippen MR) is 242 cm³/mol. The van der Waals surface area contributed by atoms with E-state index in [0.29, 0.717) is 5.82 Å². The molecule has 11 aromatic rings. The van der Waals surface area contributed by atoms with E-state index < -0.39 is 0 Å². The molecule has 0 bridgehead atoms. The van der Waals surface area contributed by atoms with Crippen molar-refractivity contribution in [2.24, 2.45) is 0 Å². The molecule has 0 atom stereocenters. The molecule has 58 heavy (non-hydrogen) atoms.